The van der Waals surface area contributed by atoms with E-state index in [-0.39, 0.29) is 0 Å². The predicted octanol–water partition coefficient (Wildman–Crippen LogP) is 3.99. The molecule has 0 radical (unpaired) electrons. The van der Waals surface area contributed by atoms with Crippen molar-refractivity contribution in [2.45, 2.75) is 19.9 Å². The first-order valence-electron chi connectivity index (χ1n) is 7.22. The lowest BCUT2D eigenvalue weighted by molar-refractivity contribution is 0.353. The summed E-state index contributed by atoms with van der Waals surface area (Å²) in [5.74, 6) is 1.06. The van der Waals surface area contributed by atoms with Crippen LogP contribution in [0.1, 0.15) is 18.1 Å². The Hall–Kier alpha value is -1.68. The quantitative estimate of drug-likeness (QED) is 0.850. The van der Waals surface area contributed by atoms with E-state index in [0.29, 0.717) is 0 Å². The Kier molecular flexibility index (Phi) is 4.06. The Morgan fingerprint density at radius 2 is 2.14 bits per heavy atom. The number of nitrogens with zero attached hydrogens (tertiary/aromatic N) is 1. The van der Waals surface area contributed by atoms with E-state index in [2.05, 4.69) is 46.0 Å². The molecule has 110 valence electrons. The molecule has 0 saturated heterocycles. The highest BCUT2D eigenvalue weighted by atomic mass is 79.9. The topological polar surface area (TPSA) is 38.5 Å². The lowest BCUT2D eigenvalue weighted by Gasteiger charge is -2.24. The average molecular weight is 347 g/mol. The monoisotopic (exact) mass is 346 g/mol. The van der Waals surface area contributed by atoms with E-state index in [1.807, 2.05) is 18.2 Å². The molecule has 2 aromatic rings. The lowest BCUT2D eigenvalue weighted by atomic mass is 10.1. The zero-order chi connectivity index (χ0) is 14.8. The maximum atomic E-state index is 5.90. The maximum absolute atomic E-state index is 5.90. The van der Waals surface area contributed by atoms with E-state index in [1.165, 1.54) is 11.1 Å². The number of benzene rings is 2. The Morgan fingerprint density at radius 3 is 2.90 bits per heavy atom. The maximum Gasteiger partial charge on any atom is 0.127 e. The largest absolute Gasteiger partial charge is 0.493 e. The van der Waals surface area contributed by atoms with Gasteiger partial charge in [0.2, 0.25) is 0 Å². The van der Waals surface area contributed by atoms with E-state index in [9.17, 15) is 0 Å². The SMILES string of the molecule is CCN(Cc1cc(Br)cc2c1OCC2)c1cccc(N)c1. The number of nitrogens with two attached hydrogens (primary N) is 1. The van der Waals surface area contributed by atoms with Crippen molar-refractivity contribution >= 4 is 27.3 Å². The van der Waals surface area contributed by atoms with Crippen LogP contribution < -0.4 is 15.4 Å². The van der Waals surface area contributed by atoms with Gasteiger partial charge in [-0.2, -0.15) is 0 Å². The summed E-state index contributed by atoms with van der Waals surface area (Å²) in [5.41, 5.74) is 10.4. The van der Waals surface area contributed by atoms with Gasteiger partial charge in [-0.05, 0) is 42.8 Å². The average Bonchev–Trinajstić information content (AvgIpc) is 2.92. The zero-order valence-corrected chi connectivity index (χ0v) is 13.7. The summed E-state index contributed by atoms with van der Waals surface area (Å²) in [6.07, 6.45) is 0.992. The second-order valence-corrected chi connectivity index (χ2v) is 6.18. The summed E-state index contributed by atoms with van der Waals surface area (Å²) in [7, 11) is 0. The molecule has 0 fully saturated rings. The molecule has 4 heteroatoms. The van der Waals surface area contributed by atoms with Crippen LogP contribution in [-0.4, -0.2) is 13.2 Å². The van der Waals surface area contributed by atoms with Gasteiger partial charge < -0.3 is 15.4 Å². The summed E-state index contributed by atoms with van der Waals surface area (Å²) in [5, 5.41) is 0. The van der Waals surface area contributed by atoms with Crippen LogP contribution in [0, 0.1) is 0 Å². The molecule has 2 N–H and O–H groups in total. The van der Waals surface area contributed by atoms with Crippen LogP contribution in [0.2, 0.25) is 0 Å². The molecule has 0 unspecified atom stereocenters. The molecule has 1 heterocycles. The van der Waals surface area contributed by atoms with Crippen molar-refractivity contribution in [1.82, 2.24) is 0 Å². The van der Waals surface area contributed by atoms with Crippen LogP contribution in [0.3, 0.4) is 0 Å². The van der Waals surface area contributed by atoms with Gasteiger partial charge in [0.05, 0.1) is 6.61 Å². The van der Waals surface area contributed by atoms with Crippen LogP contribution in [0.15, 0.2) is 40.9 Å². The zero-order valence-electron chi connectivity index (χ0n) is 12.1. The fourth-order valence-corrected chi connectivity index (χ4v) is 3.33. The highest BCUT2D eigenvalue weighted by molar-refractivity contribution is 9.10. The molecule has 0 atom stereocenters. The molecule has 0 aromatic heterocycles. The molecule has 0 aliphatic carbocycles. The number of fused-ring (bicyclic) bond motifs is 1. The number of ether oxygens (including phenoxy) is 1. The Morgan fingerprint density at radius 1 is 1.29 bits per heavy atom. The molecule has 0 bridgehead atoms. The fourth-order valence-electron chi connectivity index (χ4n) is 2.78. The minimum atomic E-state index is 0.781. The van der Waals surface area contributed by atoms with Crippen LogP contribution in [0.5, 0.6) is 5.75 Å². The fraction of sp³-hybridized carbons (Fsp3) is 0.294. The summed E-state index contributed by atoms with van der Waals surface area (Å²) in [6.45, 7) is 4.68. The molecule has 3 nitrogen and oxygen atoms in total. The third kappa shape index (κ3) is 3.00. The molecule has 3 rings (SSSR count). The smallest absolute Gasteiger partial charge is 0.127 e. The summed E-state index contributed by atoms with van der Waals surface area (Å²) < 4.78 is 6.93. The van der Waals surface area contributed by atoms with Crippen molar-refractivity contribution < 1.29 is 4.74 Å². The van der Waals surface area contributed by atoms with Gasteiger partial charge in [0.25, 0.3) is 0 Å². The van der Waals surface area contributed by atoms with Gasteiger partial charge in [-0.25, -0.2) is 0 Å². The van der Waals surface area contributed by atoms with Crippen LogP contribution in [-0.2, 0) is 13.0 Å². The number of hydrogen-bond donors (Lipinski definition) is 1. The van der Waals surface area contributed by atoms with Crippen LogP contribution in [0.4, 0.5) is 11.4 Å². The highest BCUT2D eigenvalue weighted by Gasteiger charge is 2.19. The number of halogens is 1. The van der Waals surface area contributed by atoms with Crippen LogP contribution >= 0.6 is 15.9 Å². The summed E-state index contributed by atoms with van der Waals surface area (Å²) in [6, 6.07) is 12.3. The Bertz CT molecular complexity index is 657. The number of nitrogen functional groups attached to an aromatic ring is 1. The lowest BCUT2D eigenvalue weighted by Crippen LogP contribution is -2.22. The van der Waals surface area contributed by atoms with Crippen molar-refractivity contribution in [2.75, 3.05) is 23.8 Å². The molecule has 1 aliphatic heterocycles. The standard InChI is InChI=1S/C17H19BrN2O/c1-2-20(16-5-3-4-15(19)10-16)11-13-9-14(18)8-12-6-7-21-17(12)13/h3-5,8-10H,2,6-7,11,19H2,1H3. The van der Waals surface area contributed by atoms with Crippen molar-refractivity contribution in [3.63, 3.8) is 0 Å². The Labute approximate surface area is 133 Å². The van der Waals surface area contributed by atoms with Crippen molar-refractivity contribution in [3.8, 4) is 5.75 Å². The van der Waals surface area contributed by atoms with Gasteiger partial charge >= 0.3 is 0 Å². The molecule has 2 aromatic carbocycles. The second kappa shape index (κ2) is 5.98. The predicted molar refractivity (Wildman–Crippen MR) is 90.9 cm³/mol. The molecule has 1 aliphatic rings. The van der Waals surface area contributed by atoms with Gasteiger partial charge in [-0.15, -0.1) is 0 Å². The van der Waals surface area contributed by atoms with Gasteiger partial charge in [0.1, 0.15) is 5.75 Å². The molecular formula is C17H19BrN2O. The molecule has 0 saturated carbocycles. The van der Waals surface area contributed by atoms with E-state index >= 15 is 0 Å². The molecule has 0 amide bonds. The summed E-state index contributed by atoms with van der Waals surface area (Å²) in [4.78, 5) is 2.31. The first-order valence-corrected chi connectivity index (χ1v) is 8.01. The van der Waals surface area contributed by atoms with Gasteiger partial charge in [-0.3, -0.25) is 0 Å². The van der Waals surface area contributed by atoms with E-state index in [0.717, 1.165) is 47.7 Å². The van der Waals surface area contributed by atoms with Crippen molar-refractivity contribution in [2.24, 2.45) is 0 Å². The van der Waals surface area contributed by atoms with Crippen molar-refractivity contribution in [1.29, 1.82) is 0 Å². The van der Waals surface area contributed by atoms with Crippen LogP contribution in [0.25, 0.3) is 0 Å². The second-order valence-electron chi connectivity index (χ2n) is 5.26. The van der Waals surface area contributed by atoms with Gasteiger partial charge in [0.15, 0.2) is 0 Å². The highest BCUT2D eigenvalue weighted by Crippen LogP contribution is 2.34. The first kappa shape index (κ1) is 14.3. The number of hydrogen-bond acceptors (Lipinski definition) is 3. The number of anilines is 2. The van der Waals surface area contributed by atoms with E-state index < -0.39 is 0 Å². The minimum Gasteiger partial charge on any atom is -0.493 e. The first-order chi connectivity index (χ1) is 10.2. The van der Waals surface area contributed by atoms with Gasteiger partial charge in [0, 0.05) is 40.9 Å². The Balaban J connectivity index is 1.91. The van der Waals surface area contributed by atoms with E-state index in [1.54, 1.807) is 0 Å². The molecular weight excluding hydrogens is 328 g/mol. The normalized spacial score (nSPS) is 12.9. The third-order valence-corrected chi connectivity index (χ3v) is 4.26. The minimum absolute atomic E-state index is 0.781. The molecule has 21 heavy (non-hydrogen) atoms. The van der Waals surface area contributed by atoms with Gasteiger partial charge in [-0.1, -0.05) is 22.0 Å². The third-order valence-electron chi connectivity index (χ3n) is 3.80. The summed E-state index contributed by atoms with van der Waals surface area (Å²) >= 11 is 3.60. The van der Waals surface area contributed by atoms with Crippen molar-refractivity contribution in [3.05, 3.63) is 52.0 Å². The van der Waals surface area contributed by atoms with E-state index in [4.69, 9.17) is 10.5 Å². The molecule has 0 spiro atoms. The number of rotatable bonds is 4.